The minimum absolute atomic E-state index is 0.163. The van der Waals surface area contributed by atoms with Crippen molar-refractivity contribution in [2.75, 3.05) is 20.7 Å². The van der Waals surface area contributed by atoms with Crippen molar-refractivity contribution in [3.8, 4) is 0 Å². The number of halogens is 1. The van der Waals surface area contributed by atoms with E-state index in [1.165, 1.54) is 29.4 Å². The smallest absolute Gasteiger partial charge is 0.307 e. The molecule has 0 aliphatic rings. The van der Waals surface area contributed by atoms with E-state index in [1.54, 1.807) is 19.2 Å². The van der Waals surface area contributed by atoms with Crippen LogP contribution in [-0.2, 0) is 14.3 Å². The number of thiophene rings is 1. The summed E-state index contributed by atoms with van der Waals surface area (Å²) in [6.07, 6.45) is 3.35. The molecule has 1 aromatic heterocycles. The molecule has 0 unspecified atom stereocenters. The Morgan fingerprint density at radius 2 is 2.22 bits per heavy atom. The third-order valence-electron chi connectivity index (χ3n) is 2.24. The first-order chi connectivity index (χ1) is 8.52. The van der Waals surface area contributed by atoms with Gasteiger partial charge in [0.2, 0.25) is 5.91 Å². The zero-order valence-corrected chi connectivity index (χ0v) is 11.8. The van der Waals surface area contributed by atoms with Crippen molar-refractivity contribution in [2.24, 2.45) is 0 Å². The van der Waals surface area contributed by atoms with Gasteiger partial charge < -0.3 is 9.64 Å². The van der Waals surface area contributed by atoms with Crippen LogP contribution in [0.5, 0.6) is 0 Å². The highest BCUT2D eigenvalue weighted by atomic mass is 35.5. The fourth-order valence-corrected chi connectivity index (χ4v) is 2.13. The maximum absolute atomic E-state index is 11.7. The van der Waals surface area contributed by atoms with Gasteiger partial charge in [-0.2, -0.15) is 0 Å². The zero-order valence-electron chi connectivity index (χ0n) is 10.2. The lowest BCUT2D eigenvalue weighted by Crippen LogP contribution is -2.27. The summed E-state index contributed by atoms with van der Waals surface area (Å²) in [5.41, 5.74) is 0. The lowest BCUT2D eigenvalue weighted by Gasteiger charge is -2.13. The van der Waals surface area contributed by atoms with Gasteiger partial charge in [0.25, 0.3) is 0 Å². The highest BCUT2D eigenvalue weighted by Gasteiger charge is 2.08. The molecule has 6 heteroatoms. The second kappa shape index (κ2) is 7.18. The Labute approximate surface area is 115 Å². The maximum atomic E-state index is 11.7. The number of hydrogen-bond acceptors (Lipinski definition) is 4. The molecule has 0 atom stereocenters. The molecule has 0 spiro atoms. The van der Waals surface area contributed by atoms with E-state index in [1.807, 2.05) is 6.07 Å². The van der Waals surface area contributed by atoms with E-state index in [9.17, 15) is 9.59 Å². The fraction of sp³-hybridized carbons (Fsp3) is 0.333. The van der Waals surface area contributed by atoms with E-state index < -0.39 is 0 Å². The van der Waals surface area contributed by atoms with Gasteiger partial charge in [0.15, 0.2) is 0 Å². The predicted octanol–water partition coefficient (Wildman–Crippen LogP) is 2.44. The van der Waals surface area contributed by atoms with Crippen LogP contribution in [0, 0.1) is 0 Å². The highest BCUT2D eigenvalue weighted by molar-refractivity contribution is 7.17. The quantitative estimate of drug-likeness (QED) is 0.617. The summed E-state index contributed by atoms with van der Waals surface area (Å²) < 4.78 is 5.19. The number of ether oxygens (including phenoxy) is 1. The molecule has 0 bridgehead atoms. The minimum atomic E-state index is -0.330. The van der Waals surface area contributed by atoms with E-state index >= 15 is 0 Å². The monoisotopic (exact) mass is 287 g/mol. The Morgan fingerprint density at radius 1 is 1.50 bits per heavy atom. The van der Waals surface area contributed by atoms with Crippen molar-refractivity contribution >= 4 is 40.9 Å². The normalized spacial score (nSPS) is 10.6. The van der Waals surface area contributed by atoms with Crippen LogP contribution >= 0.6 is 22.9 Å². The van der Waals surface area contributed by atoms with Crippen molar-refractivity contribution in [1.82, 2.24) is 4.90 Å². The number of amides is 1. The van der Waals surface area contributed by atoms with Gasteiger partial charge in [0.05, 0.1) is 17.9 Å². The predicted molar refractivity (Wildman–Crippen MR) is 72.6 cm³/mol. The average molecular weight is 288 g/mol. The van der Waals surface area contributed by atoms with Crippen LogP contribution < -0.4 is 0 Å². The first-order valence-corrected chi connectivity index (χ1v) is 6.47. The number of nitrogens with zero attached hydrogens (tertiary/aromatic N) is 1. The Kier molecular flexibility index (Phi) is 5.88. The number of carbonyl (C=O) groups excluding carboxylic acids is 2. The average Bonchev–Trinajstić information content (AvgIpc) is 2.78. The van der Waals surface area contributed by atoms with E-state index in [0.29, 0.717) is 10.9 Å². The molecule has 0 aliphatic carbocycles. The second-order valence-electron chi connectivity index (χ2n) is 3.56. The van der Waals surface area contributed by atoms with E-state index in [2.05, 4.69) is 4.74 Å². The molecule has 98 valence electrons. The molecule has 0 aliphatic heterocycles. The van der Waals surface area contributed by atoms with Crippen LogP contribution in [0.3, 0.4) is 0 Å². The van der Waals surface area contributed by atoms with Crippen molar-refractivity contribution < 1.29 is 14.3 Å². The van der Waals surface area contributed by atoms with Crippen LogP contribution in [0.4, 0.5) is 0 Å². The van der Waals surface area contributed by atoms with E-state index in [0.717, 1.165) is 4.88 Å². The van der Waals surface area contributed by atoms with Gasteiger partial charge in [-0.15, -0.1) is 11.3 Å². The third-order valence-corrected chi connectivity index (χ3v) is 3.44. The topological polar surface area (TPSA) is 46.6 Å². The zero-order chi connectivity index (χ0) is 13.5. The summed E-state index contributed by atoms with van der Waals surface area (Å²) >= 11 is 7.17. The fourth-order valence-electron chi connectivity index (χ4n) is 1.17. The number of likely N-dealkylation sites (N-methyl/N-ethyl adjacent to an activating group) is 1. The Balaban J connectivity index is 2.44. The molecule has 1 rings (SSSR count). The number of carbonyl (C=O) groups is 2. The lowest BCUT2D eigenvalue weighted by atomic mass is 10.3. The van der Waals surface area contributed by atoms with Crippen molar-refractivity contribution in [1.29, 1.82) is 0 Å². The Bertz CT molecular complexity index is 456. The molecular weight excluding hydrogens is 274 g/mol. The SMILES string of the molecule is COC(=O)CCN(C)C(=O)/C=C/c1ccc(Cl)s1. The molecule has 1 aromatic rings. The van der Waals surface area contributed by atoms with Gasteiger partial charge >= 0.3 is 5.97 Å². The summed E-state index contributed by atoms with van der Waals surface area (Å²) in [7, 11) is 2.96. The molecule has 0 saturated heterocycles. The van der Waals surface area contributed by atoms with Crippen molar-refractivity contribution in [2.45, 2.75) is 6.42 Å². The molecule has 0 radical (unpaired) electrons. The minimum Gasteiger partial charge on any atom is -0.469 e. The van der Waals surface area contributed by atoms with Gasteiger partial charge in [-0.3, -0.25) is 9.59 Å². The molecule has 18 heavy (non-hydrogen) atoms. The summed E-state index contributed by atoms with van der Waals surface area (Å²) in [5, 5.41) is 0. The summed E-state index contributed by atoms with van der Waals surface area (Å²) in [6.45, 7) is 0.334. The largest absolute Gasteiger partial charge is 0.469 e. The first kappa shape index (κ1) is 14.7. The van der Waals surface area contributed by atoms with Crippen LogP contribution in [-0.4, -0.2) is 37.5 Å². The first-order valence-electron chi connectivity index (χ1n) is 5.28. The number of esters is 1. The summed E-state index contributed by atoms with van der Waals surface area (Å²) in [4.78, 5) is 25.0. The van der Waals surface area contributed by atoms with Gasteiger partial charge in [-0.05, 0) is 18.2 Å². The van der Waals surface area contributed by atoms with Crippen LogP contribution in [0.1, 0.15) is 11.3 Å². The van der Waals surface area contributed by atoms with Crippen LogP contribution in [0.25, 0.3) is 6.08 Å². The van der Waals surface area contributed by atoms with E-state index in [-0.39, 0.29) is 18.3 Å². The highest BCUT2D eigenvalue weighted by Crippen LogP contribution is 2.22. The number of rotatable bonds is 5. The molecule has 1 heterocycles. The third kappa shape index (κ3) is 4.89. The van der Waals surface area contributed by atoms with Crippen molar-refractivity contribution in [3.63, 3.8) is 0 Å². The van der Waals surface area contributed by atoms with E-state index in [4.69, 9.17) is 11.6 Å². The molecule has 1 amide bonds. The van der Waals surface area contributed by atoms with Crippen LogP contribution in [0.2, 0.25) is 4.34 Å². The number of methoxy groups -OCH3 is 1. The molecule has 0 fully saturated rings. The summed E-state index contributed by atoms with van der Waals surface area (Å²) in [6, 6.07) is 3.61. The van der Waals surface area contributed by atoms with Gasteiger partial charge in [0.1, 0.15) is 0 Å². The molecule has 0 aromatic carbocycles. The molecular formula is C12H14ClNO3S. The second-order valence-corrected chi connectivity index (χ2v) is 5.31. The van der Waals surface area contributed by atoms with Gasteiger partial charge in [-0.25, -0.2) is 0 Å². The molecule has 0 N–H and O–H groups in total. The number of hydrogen-bond donors (Lipinski definition) is 0. The maximum Gasteiger partial charge on any atom is 0.307 e. The lowest BCUT2D eigenvalue weighted by molar-refractivity contribution is -0.141. The van der Waals surface area contributed by atoms with Gasteiger partial charge in [0, 0.05) is 24.5 Å². The van der Waals surface area contributed by atoms with Gasteiger partial charge in [-0.1, -0.05) is 11.6 Å². The summed E-state index contributed by atoms with van der Waals surface area (Å²) in [5.74, 6) is -0.493. The molecule has 0 saturated carbocycles. The van der Waals surface area contributed by atoms with Crippen LogP contribution in [0.15, 0.2) is 18.2 Å². The Hall–Kier alpha value is -1.33. The standard InChI is InChI=1S/C12H14ClNO3S/c1-14(8-7-12(16)17-2)11(15)6-4-9-3-5-10(13)18-9/h3-6H,7-8H2,1-2H3/b6-4+. The van der Waals surface area contributed by atoms with Crippen molar-refractivity contribution in [3.05, 3.63) is 27.4 Å². The Morgan fingerprint density at radius 3 is 2.78 bits per heavy atom. The molecule has 4 nitrogen and oxygen atoms in total.